The lowest BCUT2D eigenvalue weighted by molar-refractivity contribution is 0.0389. The predicted octanol–water partition coefficient (Wildman–Crippen LogP) is 3.92. The van der Waals surface area contributed by atoms with Gasteiger partial charge in [0.15, 0.2) is 11.4 Å². The van der Waals surface area contributed by atoms with Gasteiger partial charge in [0.25, 0.3) is 5.91 Å². The number of hydrogen-bond donors (Lipinski definition) is 2. The topological polar surface area (TPSA) is 75.9 Å². The van der Waals surface area contributed by atoms with E-state index in [4.69, 9.17) is 4.74 Å². The zero-order valence-corrected chi connectivity index (χ0v) is 17.3. The Morgan fingerprint density at radius 3 is 2.65 bits per heavy atom. The van der Waals surface area contributed by atoms with E-state index in [-0.39, 0.29) is 18.1 Å². The minimum Gasteiger partial charge on any atom is -0.485 e. The lowest BCUT2D eigenvalue weighted by Gasteiger charge is -2.21. The van der Waals surface area contributed by atoms with E-state index in [9.17, 15) is 18.7 Å². The van der Waals surface area contributed by atoms with Crippen LogP contribution in [-0.4, -0.2) is 32.5 Å². The molecule has 0 atom stereocenters. The van der Waals surface area contributed by atoms with Gasteiger partial charge in [0.05, 0.1) is 16.9 Å². The normalized spacial score (nSPS) is 15.4. The second-order valence-electron chi connectivity index (χ2n) is 8.04. The third-order valence-corrected chi connectivity index (χ3v) is 5.85. The van der Waals surface area contributed by atoms with Crippen LogP contribution in [0.4, 0.5) is 8.78 Å². The fraction of sp³-hybridized carbons (Fsp3) is 0.391. The third kappa shape index (κ3) is 4.39. The Bertz CT molecular complexity index is 1090. The van der Waals surface area contributed by atoms with Gasteiger partial charge in [-0.15, -0.1) is 0 Å². The minimum atomic E-state index is -0.690. The molecule has 4 rings (SSSR count). The van der Waals surface area contributed by atoms with Crippen LogP contribution in [0.2, 0.25) is 0 Å². The van der Waals surface area contributed by atoms with Crippen LogP contribution >= 0.6 is 0 Å². The fourth-order valence-corrected chi connectivity index (χ4v) is 4.14. The number of benzene rings is 1. The molecule has 2 heterocycles. The molecule has 0 saturated heterocycles. The van der Waals surface area contributed by atoms with Gasteiger partial charge in [-0.3, -0.25) is 9.20 Å². The highest BCUT2D eigenvalue weighted by Gasteiger charge is 2.30. The van der Waals surface area contributed by atoms with Crippen molar-refractivity contribution < 1.29 is 23.4 Å². The van der Waals surface area contributed by atoms with Gasteiger partial charge in [-0.1, -0.05) is 18.9 Å². The van der Waals surface area contributed by atoms with Crippen LogP contribution in [0.3, 0.4) is 0 Å². The second-order valence-corrected chi connectivity index (χ2v) is 8.04. The van der Waals surface area contributed by atoms with Gasteiger partial charge in [-0.05, 0) is 50.5 Å². The van der Waals surface area contributed by atoms with Crippen molar-refractivity contribution in [3.63, 3.8) is 0 Å². The number of imidazole rings is 1. The molecule has 1 aliphatic rings. The highest BCUT2D eigenvalue weighted by Crippen LogP contribution is 2.32. The molecule has 0 unspecified atom stereocenters. The SMILES string of the molecule is Cc1nc2c(OCc3c(F)cccc3F)cccn2c1C(=O)NCCC1(O)CCCC1. The van der Waals surface area contributed by atoms with Crippen LogP contribution < -0.4 is 10.1 Å². The number of nitrogens with zero attached hydrogens (tertiary/aromatic N) is 2. The highest BCUT2D eigenvalue weighted by atomic mass is 19.1. The summed E-state index contributed by atoms with van der Waals surface area (Å²) in [4.78, 5) is 17.2. The van der Waals surface area contributed by atoms with Crippen LogP contribution in [0.15, 0.2) is 36.5 Å². The molecule has 1 fully saturated rings. The number of carbonyl (C=O) groups excluding carboxylic acids is 1. The summed E-state index contributed by atoms with van der Waals surface area (Å²) in [6, 6.07) is 6.96. The summed E-state index contributed by atoms with van der Waals surface area (Å²) in [7, 11) is 0. The summed E-state index contributed by atoms with van der Waals surface area (Å²) in [5.74, 6) is -1.36. The quantitative estimate of drug-likeness (QED) is 0.597. The number of halogens is 2. The summed E-state index contributed by atoms with van der Waals surface area (Å²) >= 11 is 0. The van der Waals surface area contributed by atoms with Crippen molar-refractivity contribution in [1.29, 1.82) is 0 Å². The number of aliphatic hydroxyl groups is 1. The summed E-state index contributed by atoms with van der Waals surface area (Å²) in [5.41, 5.74) is 0.387. The maximum absolute atomic E-state index is 13.9. The molecule has 1 aliphatic carbocycles. The molecule has 0 aliphatic heterocycles. The van der Waals surface area contributed by atoms with Crippen molar-refractivity contribution in [1.82, 2.24) is 14.7 Å². The van der Waals surface area contributed by atoms with Crippen molar-refractivity contribution in [2.24, 2.45) is 0 Å². The minimum absolute atomic E-state index is 0.171. The Labute approximate surface area is 178 Å². The monoisotopic (exact) mass is 429 g/mol. The third-order valence-electron chi connectivity index (χ3n) is 5.85. The van der Waals surface area contributed by atoms with E-state index in [0.29, 0.717) is 35.8 Å². The Morgan fingerprint density at radius 2 is 1.94 bits per heavy atom. The first-order chi connectivity index (χ1) is 14.9. The van der Waals surface area contributed by atoms with Gasteiger partial charge in [0.2, 0.25) is 0 Å². The van der Waals surface area contributed by atoms with Crippen LogP contribution in [-0.2, 0) is 6.61 Å². The zero-order valence-electron chi connectivity index (χ0n) is 17.3. The molecule has 8 heteroatoms. The Balaban J connectivity index is 1.50. The number of pyridine rings is 1. The molecule has 1 amide bonds. The highest BCUT2D eigenvalue weighted by molar-refractivity contribution is 5.95. The maximum Gasteiger partial charge on any atom is 0.270 e. The number of amides is 1. The lowest BCUT2D eigenvalue weighted by Crippen LogP contribution is -2.33. The van der Waals surface area contributed by atoms with E-state index in [2.05, 4.69) is 10.3 Å². The average Bonchev–Trinajstić information content (AvgIpc) is 3.30. The first-order valence-corrected chi connectivity index (χ1v) is 10.4. The molecular formula is C23H25F2N3O3. The van der Waals surface area contributed by atoms with Crippen LogP contribution in [0.1, 0.15) is 53.8 Å². The Hall–Kier alpha value is -3.00. The molecule has 0 radical (unpaired) electrons. The first kappa shape index (κ1) is 21.2. The average molecular weight is 429 g/mol. The predicted molar refractivity (Wildman–Crippen MR) is 111 cm³/mol. The summed E-state index contributed by atoms with van der Waals surface area (Å²) < 4.78 is 35.0. The molecular weight excluding hydrogens is 404 g/mol. The molecule has 0 spiro atoms. The van der Waals surface area contributed by atoms with Crippen molar-refractivity contribution in [3.05, 3.63) is 65.1 Å². The van der Waals surface area contributed by atoms with E-state index in [1.54, 1.807) is 29.7 Å². The largest absolute Gasteiger partial charge is 0.485 e. The molecule has 2 N–H and O–H groups in total. The fourth-order valence-electron chi connectivity index (χ4n) is 4.14. The molecule has 164 valence electrons. The van der Waals surface area contributed by atoms with Crippen molar-refractivity contribution in [3.8, 4) is 5.75 Å². The van der Waals surface area contributed by atoms with Gasteiger partial charge >= 0.3 is 0 Å². The number of hydrogen-bond acceptors (Lipinski definition) is 4. The van der Waals surface area contributed by atoms with Gasteiger partial charge in [-0.2, -0.15) is 0 Å². The number of nitrogens with one attached hydrogen (secondary N) is 1. The van der Waals surface area contributed by atoms with Crippen molar-refractivity contribution >= 4 is 11.6 Å². The molecule has 0 bridgehead atoms. The van der Waals surface area contributed by atoms with Gasteiger partial charge in [0, 0.05) is 12.7 Å². The van der Waals surface area contributed by atoms with E-state index in [1.165, 1.54) is 18.2 Å². The molecule has 3 aromatic rings. The summed E-state index contributed by atoms with van der Waals surface area (Å²) in [5, 5.41) is 13.3. The smallest absolute Gasteiger partial charge is 0.270 e. The van der Waals surface area contributed by atoms with E-state index in [1.807, 2.05) is 0 Å². The Morgan fingerprint density at radius 1 is 1.23 bits per heavy atom. The lowest BCUT2D eigenvalue weighted by atomic mass is 9.98. The molecule has 31 heavy (non-hydrogen) atoms. The number of rotatable bonds is 7. The van der Waals surface area contributed by atoms with E-state index >= 15 is 0 Å². The number of ether oxygens (including phenoxy) is 1. The van der Waals surface area contributed by atoms with Gasteiger partial charge in [-0.25, -0.2) is 13.8 Å². The van der Waals surface area contributed by atoms with Crippen molar-refractivity contribution in [2.75, 3.05) is 6.54 Å². The number of aromatic nitrogens is 2. The number of aryl methyl sites for hydroxylation is 1. The second kappa shape index (κ2) is 8.63. The van der Waals surface area contributed by atoms with E-state index < -0.39 is 17.2 Å². The number of carbonyl (C=O) groups is 1. The summed E-state index contributed by atoms with van der Waals surface area (Å²) in [6.45, 7) is 1.78. The van der Waals surface area contributed by atoms with E-state index in [0.717, 1.165) is 25.7 Å². The van der Waals surface area contributed by atoms with Gasteiger partial charge < -0.3 is 15.2 Å². The molecule has 1 aromatic carbocycles. The standard InChI is InChI=1S/C23H25F2N3O3/c1-15-20(22(29)26-12-11-23(30)9-2-3-10-23)28-13-5-8-19(21(28)27-15)31-14-16-17(24)6-4-7-18(16)25/h4-8,13,30H,2-3,9-12,14H2,1H3,(H,26,29). The summed E-state index contributed by atoms with van der Waals surface area (Å²) in [6.07, 6.45) is 5.75. The Kier molecular flexibility index (Phi) is 5.91. The van der Waals surface area contributed by atoms with Crippen molar-refractivity contribution in [2.45, 2.75) is 51.2 Å². The first-order valence-electron chi connectivity index (χ1n) is 10.4. The number of fused-ring (bicyclic) bond motifs is 1. The van der Waals surface area contributed by atoms with Gasteiger partial charge in [0.1, 0.15) is 23.9 Å². The zero-order chi connectivity index (χ0) is 22.0. The van der Waals surface area contributed by atoms with Crippen LogP contribution in [0.5, 0.6) is 5.75 Å². The van der Waals surface area contributed by atoms with Crippen LogP contribution in [0.25, 0.3) is 5.65 Å². The molecule has 2 aromatic heterocycles. The maximum atomic E-state index is 13.9. The molecule has 1 saturated carbocycles. The van der Waals surface area contributed by atoms with Crippen LogP contribution in [0, 0.1) is 18.6 Å². The molecule has 6 nitrogen and oxygen atoms in total.